The van der Waals surface area contributed by atoms with Gasteiger partial charge in [-0.15, -0.1) is 0 Å². The molecule has 180 valence electrons. The first-order chi connectivity index (χ1) is 17.0. The van der Waals surface area contributed by atoms with Gasteiger partial charge in [0.1, 0.15) is 12.1 Å². The number of rotatable bonds is 6. The molecule has 2 aromatic carbocycles. The lowest BCUT2D eigenvalue weighted by Gasteiger charge is -2.31. The van der Waals surface area contributed by atoms with Gasteiger partial charge in [0.05, 0.1) is 0 Å². The van der Waals surface area contributed by atoms with E-state index >= 15 is 0 Å². The monoisotopic (exact) mass is 472 g/mol. The van der Waals surface area contributed by atoms with Crippen LogP contribution in [-0.4, -0.2) is 44.2 Å². The third kappa shape index (κ3) is 3.79. The maximum atomic E-state index is 11.9. The molecule has 8 nitrogen and oxygen atoms in total. The summed E-state index contributed by atoms with van der Waals surface area (Å²) in [5.41, 5.74) is 6.34. The van der Waals surface area contributed by atoms with Crippen LogP contribution in [0, 0.1) is 0 Å². The van der Waals surface area contributed by atoms with Crippen molar-refractivity contribution < 1.29 is 19.8 Å². The summed E-state index contributed by atoms with van der Waals surface area (Å²) in [5, 5.41) is 28.3. The minimum absolute atomic E-state index is 0.103. The molecular weight excluding hydrogens is 444 g/mol. The fraction of sp³-hybridized carbons (Fsp3) is 0.333. The summed E-state index contributed by atoms with van der Waals surface area (Å²) in [6.07, 6.45) is 3.20. The SMILES string of the molecule is O=C(O)[C@@H]1Cc2c([nH]c3ccccc23)[C@H](CCC[C@@H]2N[C@@H](C(=O)O)Cc3c2[nH]c2ccccc32)N1. The number of carboxylic acids is 2. The van der Waals surface area contributed by atoms with Crippen molar-refractivity contribution in [2.75, 3.05) is 0 Å². The summed E-state index contributed by atoms with van der Waals surface area (Å²) in [7, 11) is 0. The van der Waals surface area contributed by atoms with Gasteiger partial charge in [-0.1, -0.05) is 36.4 Å². The summed E-state index contributed by atoms with van der Waals surface area (Å²) in [6.45, 7) is 0. The van der Waals surface area contributed by atoms with Crippen LogP contribution in [0.3, 0.4) is 0 Å². The average molecular weight is 473 g/mol. The van der Waals surface area contributed by atoms with E-state index in [1.165, 1.54) is 0 Å². The average Bonchev–Trinajstić information content (AvgIpc) is 3.42. The maximum absolute atomic E-state index is 11.9. The molecule has 4 atom stereocenters. The van der Waals surface area contributed by atoms with E-state index in [-0.39, 0.29) is 12.1 Å². The molecule has 2 aliphatic rings. The van der Waals surface area contributed by atoms with Gasteiger partial charge in [0.15, 0.2) is 0 Å². The van der Waals surface area contributed by atoms with E-state index in [4.69, 9.17) is 0 Å². The molecule has 0 amide bonds. The highest BCUT2D eigenvalue weighted by molar-refractivity contribution is 5.87. The number of hydrogen-bond donors (Lipinski definition) is 6. The lowest BCUT2D eigenvalue weighted by atomic mass is 9.89. The van der Waals surface area contributed by atoms with Gasteiger partial charge in [-0.3, -0.25) is 20.2 Å². The number of carbonyl (C=O) groups is 2. The van der Waals surface area contributed by atoms with E-state index in [1.54, 1.807) is 0 Å². The molecule has 0 bridgehead atoms. The van der Waals surface area contributed by atoms with E-state index in [0.29, 0.717) is 12.8 Å². The minimum atomic E-state index is -0.841. The third-order valence-electron chi connectivity index (χ3n) is 7.59. The number of hydrogen-bond acceptors (Lipinski definition) is 4. The Hall–Kier alpha value is -3.62. The van der Waals surface area contributed by atoms with Gasteiger partial charge in [-0.2, -0.15) is 0 Å². The molecule has 0 radical (unpaired) electrons. The van der Waals surface area contributed by atoms with Crippen LogP contribution in [0.25, 0.3) is 21.8 Å². The van der Waals surface area contributed by atoms with Crippen LogP contribution in [0.2, 0.25) is 0 Å². The second-order valence-electron chi connectivity index (χ2n) is 9.68. The van der Waals surface area contributed by atoms with E-state index in [1.807, 2.05) is 48.5 Å². The van der Waals surface area contributed by atoms with Crippen molar-refractivity contribution in [3.8, 4) is 0 Å². The van der Waals surface area contributed by atoms with Gasteiger partial charge in [-0.25, -0.2) is 0 Å². The summed E-state index contributed by atoms with van der Waals surface area (Å²) in [5.74, 6) is -1.68. The number of nitrogens with one attached hydrogen (secondary N) is 4. The van der Waals surface area contributed by atoms with Crippen LogP contribution >= 0.6 is 0 Å². The quantitative estimate of drug-likeness (QED) is 0.253. The Morgan fingerprint density at radius 2 is 1.14 bits per heavy atom. The Labute approximate surface area is 201 Å². The van der Waals surface area contributed by atoms with E-state index in [0.717, 1.165) is 63.6 Å². The highest BCUT2D eigenvalue weighted by Crippen LogP contribution is 2.37. The van der Waals surface area contributed by atoms with E-state index in [2.05, 4.69) is 20.6 Å². The Balaban J connectivity index is 1.25. The topological polar surface area (TPSA) is 130 Å². The molecule has 6 N–H and O–H groups in total. The zero-order chi connectivity index (χ0) is 24.1. The summed E-state index contributed by atoms with van der Waals surface area (Å²) in [6, 6.07) is 14.6. The van der Waals surface area contributed by atoms with Crippen LogP contribution in [0.15, 0.2) is 48.5 Å². The van der Waals surface area contributed by atoms with Crippen LogP contribution in [-0.2, 0) is 22.4 Å². The molecule has 0 unspecified atom stereocenters. The van der Waals surface area contributed by atoms with Crippen LogP contribution < -0.4 is 10.6 Å². The predicted molar refractivity (Wildman–Crippen MR) is 132 cm³/mol. The Morgan fingerprint density at radius 1 is 0.714 bits per heavy atom. The minimum Gasteiger partial charge on any atom is -0.480 e. The van der Waals surface area contributed by atoms with Crippen molar-refractivity contribution in [2.24, 2.45) is 0 Å². The van der Waals surface area contributed by atoms with E-state index < -0.39 is 24.0 Å². The molecule has 4 aromatic rings. The standard InChI is InChI=1S/C27H28N4O4/c32-26(33)22-12-16-14-6-1-3-8-18(14)30-24(16)20(28-22)10-5-11-21-25-17(13-23(29-21)27(34)35)15-7-2-4-9-19(15)31-25/h1-4,6-9,20-23,28-31H,5,10-13H2,(H,32,33)(H,34,35)/t20-,21-,22-,23+/m0/s1. The molecule has 2 aromatic heterocycles. The summed E-state index contributed by atoms with van der Waals surface area (Å²) >= 11 is 0. The number of para-hydroxylation sites is 2. The zero-order valence-corrected chi connectivity index (χ0v) is 19.2. The summed E-state index contributed by atoms with van der Waals surface area (Å²) < 4.78 is 0. The van der Waals surface area contributed by atoms with Gasteiger partial charge in [-0.05, 0) is 42.5 Å². The van der Waals surface area contributed by atoms with Gasteiger partial charge >= 0.3 is 11.9 Å². The third-order valence-corrected chi connectivity index (χ3v) is 7.59. The highest BCUT2D eigenvalue weighted by Gasteiger charge is 2.35. The fourth-order valence-corrected chi connectivity index (χ4v) is 5.95. The molecule has 2 aliphatic heterocycles. The largest absolute Gasteiger partial charge is 0.480 e. The lowest BCUT2D eigenvalue weighted by Crippen LogP contribution is -2.45. The normalized spacial score (nSPS) is 23.8. The van der Waals surface area contributed by atoms with Crippen molar-refractivity contribution in [3.63, 3.8) is 0 Å². The molecule has 0 aliphatic carbocycles. The maximum Gasteiger partial charge on any atom is 0.321 e. The number of aromatic amines is 2. The molecule has 0 spiro atoms. The second-order valence-corrected chi connectivity index (χ2v) is 9.68. The first-order valence-electron chi connectivity index (χ1n) is 12.2. The Kier molecular flexibility index (Phi) is 5.35. The first kappa shape index (κ1) is 21.9. The number of H-pyrrole nitrogens is 2. The Morgan fingerprint density at radius 3 is 1.57 bits per heavy atom. The van der Waals surface area contributed by atoms with E-state index in [9.17, 15) is 19.8 Å². The molecule has 0 saturated heterocycles. The molecule has 0 fully saturated rings. The number of fused-ring (bicyclic) bond motifs is 6. The number of aromatic nitrogens is 2. The van der Waals surface area contributed by atoms with Crippen molar-refractivity contribution >= 4 is 33.7 Å². The van der Waals surface area contributed by atoms with Crippen LogP contribution in [0.5, 0.6) is 0 Å². The van der Waals surface area contributed by atoms with Crippen LogP contribution in [0.1, 0.15) is 53.9 Å². The smallest absolute Gasteiger partial charge is 0.321 e. The highest BCUT2D eigenvalue weighted by atomic mass is 16.4. The number of benzene rings is 2. The molecule has 6 rings (SSSR count). The van der Waals surface area contributed by atoms with Gasteiger partial charge < -0.3 is 20.2 Å². The van der Waals surface area contributed by atoms with Crippen molar-refractivity contribution in [3.05, 3.63) is 71.0 Å². The van der Waals surface area contributed by atoms with Gasteiger partial charge in [0.25, 0.3) is 0 Å². The second kappa shape index (κ2) is 8.55. The molecule has 0 saturated carbocycles. The predicted octanol–water partition coefficient (Wildman–Crippen LogP) is 3.80. The molecule has 4 heterocycles. The number of carboxylic acid groups (broad SMARTS) is 2. The van der Waals surface area contributed by atoms with Crippen LogP contribution in [0.4, 0.5) is 0 Å². The van der Waals surface area contributed by atoms with Gasteiger partial charge in [0, 0.05) is 58.1 Å². The molecule has 8 heteroatoms. The lowest BCUT2D eigenvalue weighted by molar-refractivity contribution is -0.140. The zero-order valence-electron chi connectivity index (χ0n) is 19.2. The van der Waals surface area contributed by atoms with Crippen molar-refractivity contribution in [1.29, 1.82) is 0 Å². The van der Waals surface area contributed by atoms with Crippen molar-refractivity contribution in [1.82, 2.24) is 20.6 Å². The Bertz CT molecular complexity index is 1330. The molecule has 35 heavy (non-hydrogen) atoms. The number of aliphatic carboxylic acids is 2. The first-order valence-corrected chi connectivity index (χ1v) is 12.2. The fourth-order valence-electron chi connectivity index (χ4n) is 5.95. The molecular formula is C27H28N4O4. The van der Waals surface area contributed by atoms with Gasteiger partial charge in [0.2, 0.25) is 0 Å². The van der Waals surface area contributed by atoms with Crippen molar-refractivity contribution in [2.45, 2.75) is 56.3 Å². The summed E-state index contributed by atoms with van der Waals surface area (Å²) in [4.78, 5) is 30.8.